The maximum absolute atomic E-state index is 10.7. The molecule has 0 spiro atoms. The highest BCUT2D eigenvalue weighted by Gasteiger charge is 2.32. The van der Waals surface area contributed by atoms with Crippen molar-refractivity contribution >= 4 is 21.4 Å². The Kier molecular flexibility index (Phi) is 2.46. The van der Waals surface area contributed by atoms with Gasteiger partial charge in [0.15, 0.2) is 0 Å². The highest BCUT2D eigenvalue weighted by molar-refractivity contribution is 7.17. The molecule has 2 nitrogen and oxygen atoms in total. The van der Waals surface area contributed by atoms with Gasteiger partial charge in [-0.15, -0.1) is 11.3 Å². The Morgan fingerprint density at radius 1 is 1.31 bits per heavy atom. The molecule has 1 unspecified atom stereocenters. The minimum atomic E-state index is -0.678. The highest BCUT2D eigenvalue weighted by Crippen LogP contribution is 2.35. The molecule has 0 aliphatic carbocycles. The number of fused-ring (bicyclic) bond motifs is 1. The molecule has 84 valence electrons. The van der Waals surface area contributed by atoms with E-state index < -0.39 is 5.60 Å². The maximum Gasteiger partial charge on any atom is 0.103 e. The number of hydrogen-bond acceptors (Lipinski definition) is 3. The lowest BCUT2D eigenvalue weighted by Crippen LogP contribution is -2.43. The van der Waals surface area contributed by atoms with E-state index in [0.717, 1.165) is 24.9 Å². The van der Waals surface area contributed by atoms with E-state index in [1.807, 2.05) is 6.07 Å². The number of β-amino-alcohol motifs (C(OH)–C–C–N with tert-alkyl or cyclic N) is 1. The molecule has 0 saturated carbocycles. The van der Waals surface area contributed by atoms with E-state index in [-0.39, 0.29) is 0 Å². The molecule has 2 heterocycles. The Morgan fingerprint density at radius 2 is 2.25 bits per heavy atom. The zero-order valence-corrected chi connectivity index (χ0v) is 9.89. The molecule has 16 heavy (non-hydrogen) atoms. The zero-order chi connectivity index (χ0) is 11.0. The molecule has 1 aliphatic heterocycles. The summed E-state index contributed by atoms with van der Waals surface area (Å²) in [5, 5.41) is 17.3. The summed E-state index contributed by atoms with van der Waals surface area (Å²) >= 11 is 1.72. The van der Waals surface area contributed by atoms with Gasteiger partial charge in [0.25, 0.3) is 0 Å². The molecule has 1 aromatic heterocycles. The number of nitrogens with one attached hydrogen (secondary N) is 1. The van der Waals surface area contributed by atoms with E-state index in [2.05, 4.69) is 28.9 Å². The highest BCUT2D eigenvalue weighted by atomic mass is 32.1. The lowest BCUT2D eigenvalue weighted by Gasteiger charge is -2.33. The Labute approximate surface area is 98.9 Å². The van der Waals surface area contributed by atoms with Crippen molar-refractivity contribution < 1.29 is 5.11 Å². The van der Waals surface area contributed by atoms with Gasteiger partial charge in [0.2, 0.25) is 0 Å². The van der Waals surface area contributed by atoms with E-state index in [0.29, 0.717) is 6.54 Å². The van der Waals surface area contributed by atoms with Crippen LogP contribution in [0.25, 0.3) is 10.1 Å². The molecule has 3 heteroatoms. The maximum atomic E-state index is 10.7. The van der Waals surface area contributed by atoms with Crippen molar-refractivity contribution in [1.82, 2.24) is 5.32 Å². The van der Waals surface area contributed by atoms with Gasteiger partial charge in [-0.3, -0.25) is 0 Å². The summed E-state index contributed by atoms with van der Waals surface area (Å²) in [7, 11) is 0. The fourth-order valence-corrected chi connectivity index (χ4v) is 3.49. The molecule has 2 N–H and O–H groups in total. The third kappa shape index (κ3) is 1.56. The summed E-state index contributed by atoms with van der Waals surface area (Å²) < 4.78 is 1.23. The topological polar surface area (TPSA) is 32.3 Å². The monoisotopic (exact) mass is 233 g/mol. The van der Waals surface area contributed by atoms with Gasteiger partial charge in [-0.05, 0) is 36.2 Å². The van der Waals surface area contributed by atoms with E-state index in [4.69, 9.17) is 0 Å². The van der Waals surface area contributed by atoms with E-state index in [1.54, 1.807) is 11.3 Å². The molecule has 0 bridgehead atoms. The predicted octanol–water partition coefficient (Wildman–Crippen LogP) is 2.47. The number of aliphatic hydroxyl groups is 1. The Hall–Kier alpha value is -0.900. The largest absolute Gasteiger partial charge is 0.384 e. The van der Waals surface area contributed by atoms with Crippen LogP contribution in [0.1, 0.15) is 18.4 Å². The molecule has 0 radical (unpaired) electrons. The van der Waals surface area contributed by atoms with Crippen molar-refractivity contribution in [2.24, 2.45) is 0 Å². The smallest absolute Gasteiger partial charge is 0.103 e. The van der Waals surface area contributed by atoms with Crippen molar-refractivity contribution in [3.8, 4) is 0 Å². The van der Waals surface area contributed by atoms with E-state index >= 15 is 0 Å². The van der Waals surface area contributed by atoms with Crippen molar-refractivity contribution in [3.63, 3.8) is 0 Å². The zero-order valence-electron chi connectivity index (χ0n) is 9.07. The van der Waals surface area contributed by atoms with Crippen LogP contribution < -0.4 is 5.32 Å². The SMILES string of the molecule is OC1(c2cccc3ccsc23)CCCNC1. The van der Waals surface area contributed by atoms with Crippen LogP contribution in [0.3, 0.4) is 0 Å². The summed E-state index contributed by atoms with van der Waals surface area (Å²) in [5.41, 5.74) is 0.412. The fraction of sp³-hybridized carbons (Fsp3) is 0.385. The van der Waals surface area contributed by atoms with Gasteiger partial charge in [0, 0.05) is 16.8 Å². The number of hydrogen-bond donors (Lipinski definition) is 2. The van der Waals surface area contributed by atoms with Crippen LogP contribution in [0.5, 0.6) is 0 Å². The first-order chi connectivity index (χ1) is 7.80. The van der Waals surface area contributed by atoms with Gasteiger partial charge in [0.1, 0.15) is 5.60 Å². The summed E-state index contributed by atoms with van der Waals surface area (Å²) in [6, 6.07) is 8.32. The Morgan fingerprint density at radius 3 is 3.06 bits per heavy atom. The van der Waals surface area contributed by atoms with Crippen molar-refractivity contribution in [2.45, 2.75) is 18.4 Å². The summed E-state index contributed by atoms with van der Waals surface area (Å²) in [6.07, 6.45) is 1.90. The number of benzene rings is 1. The molecule has 2 aromatic rings. The van der Waals surface area contributed by atoms with Crippen LogP contribution in [-0.2, 0) is 5.60 Å². The molecule has 1 aliphatic rings. The number of piperidine rings is 1. The second kappa shape index (κ2) is 3.84. The Bertz CT molecular complexity index is 499. The van der Waals surface area contributed by atoms with Crippen molar-refractivity contribution in [3.05, 3.63) is 35.2 Å². The second-order valence-corrected chi connectivity index (χ2v) is 5.37. The van der Waals surface area contributed by atoms with Crippen LogP contribution in [0.15, 0.2) is 29.6 Å². The van der Waals surface area contributed by atoms with E-state index in [9.17, 15) is 5.11 Å². The first-order valence-electron chi connectivity index (χ1n) is 5.69. The second-order valence-electron chi connectivity index (χ2n) is 4.46. The third-order valence-electron chi connectivity index (χ3n) is 3.34. The van der Waals surface area contributed by atoms with Gasteiger partial charge in [-0.1, -0.05) is 18.2 Å². The first-order valence-corrected chi connectivity index (χ1v) is 6.57. The minimum Gasteiger partial charge on any atom is -0.384 e. The summed E-state index contributed by atoms with van der Waals surface area (Å²) in [5.74, 6) is 0. The molecule has 1 atom stereocenters. The van der Waals surface area contributed by atoms with E-state index in [1.165, 1.54) is 10.1 Å². The molecular formula is C13H15NOS. The Balaban J connectivity index is 2.13. The third-order valence-corrected chi connectivity index (χ3v) is 4.31. The van der Waals surface area contributed by atoms with Gasteiger partial charge in [0.05, 0.1) is 0 Å². The average molecular weight is 233 g/mol. The molecule has 1 aromatic carbocycles. The minimum absolute atomic E-state index is 0.671. The molecule has 0 amide bonds. The number of thiophene rings is 1. The lowest BCUT2D eigenvalue weighted by molar-refractivity contribution is 0.0138. The van der Waals surface area contributed by atoms with Gasteiger partial charge in [-0.2, -0.15) is 0 Å². The van der Waals surface area contributed by atoms with Gasteiger partial charge < -0.3 is 10.4 Å². The van der Waals surface area contributed by atoms with Crippen LogP contribution in [0, 0.1) is 0 Å². The van der Waals surface area contributed by atoms with Crippen molar-refractivity contribution in [1.29, 1.82) is 0 Å². The lowest BCUT2D eigenvalue weighted by atomic mass is 9.86. The van der Waals surface area contributed by atoms with Crippen LogP contribution >= 0.6 is 11.3 Å². The average Bonchev–Trinajstić information content (AvgIpc) is 2.77. The first kappa shape index (κ1) is 10.3. The standard InChI is InChI=1S/C13H15NOS/c15-13(6-2-7-14-9-13)11-4-1-3-10-5-8-16-12(10)11/h1,3-5,8,14-15H,2,6-7,9H2. The van der Waals surface area contributed by atoms with Crippen LogP contribution in [0.4, 0.5) is 0 Å². The quantitative estimate of drug-likeness (QED) is 0.793. The van der Waals surface area contributed by atoms with Crippen LogP contribution in [0.2, 0.25) is 0 Å². The molecular weight excluding hydrogens is 218 g/mol. The molecule has 1 fully saturated rings. The predicted molar refractivity (Wildman–Crippen MR) is 67.8 cm³/mol. The van der Waals surface area contributed by atoms with Crippen molar-refractivity contribution in [2.75, 3.05) is 13.1 Å². The molecule has 1 saturated heterocycles. The van der Waals surface area contributed by atoms with Crippen LogP contribution in [-0.4, -0.2) is 18.2 Å². The summed E-state index contributed by atoms with van der Waals surface area (Å²) in [6.45, 7) is 1.69. The van der Waals surface area contributed by atoms with Gasteiger partial charge in [-0.25, -0.2) is 0 Å². The fourth-order valence-electron chi connectivity index (χ4n) is 2.48. The normalized spacial score (nSPS) is 26.1. The van der Waals surface area contributed by atoms with Gasteiger partial charge >= 0.3 is 0 Å². The molecule has 3 rings (SSSR count). The number of rotatable bonds is 1. The summed E-state index contributed by atoms with van der Waals surface area (Å²) in [4.78, 5) is 0.